The highest BCUT2D eigenvalue weighted by molar-refractivity contribution is 9.10. The molecule has 0 nitrogen and oxygen atoms in total. The second-order valence-corrected chi connectivity index (χ2v) is 4.78. The number of benzene rings is 1. The molecule has 0 atom stereocenters. The van der Waals surface area contributed by atoms with Gasteiger partial charge in [0.2, 0.25) is 0 Å². The first-order chi connectivity index (χ1) is 5.09. The Morgan fingerprint density at radius 3 is 2.64 bits per heavy atom. The minimum atomic E-state index is 0.427. The summed E-state index contributed by atoms with van der Waals surface area (Å²) in [6.45, 7) is 4.59. The monoisotopic (exact) mass is 210 g/mol. The van der Waals surface area contributed by atoms with Crippen LogP contribution in [0, 0.1) is 0 Å². The highest BCUT2D eigenvalue weighted by atomic mass is 79.9. The van der Waals surface area contributed by atoms with E-state index in [9.17, 15) is 0 Å². The van der Waals surface area contributed by atoms with Gasteiger partial charge in [0, 0.05) is 4.47 Å². The molecule has 1 aliphatic carbocycles. The van der Waals surface area contributed by atoms with E-state index >= 15 is 0 Å². The molecule has 0 amide bonds. The van der Waals surface area contributed by atoms with E-state index in [-0.39, 0.29) is 0 Å². The van der Waals surface area contributed by atoms with Crippen molar-refractivity contribution in [3.8, 4) is 0 Å². The van der Waals surface area contributed by atoms with Crippen LogP contribution in [0.2, 0.25) is 0 Å². The molecule has 1 heteroatoms. The molecule has 2 rings (SSSR count). The largest absolute Gasteiger partial charge is 0.0571 e. The SMILES string of the molecule is CC1(C)Cc2cc(Br)ccc21. The fourth-order valence-electron chi connectivity index (χ4n) is 1.83. The van der Waals surface area contributed by atoms with Crippen molar-refractivity contribution in [1.82, 2.24) is 0 Å². The first-order valence-electron chi connectivity index (χ1n) is 3.88. The molecular weight excluding hydrogens is 200 g/mol. The number of fused-ring (bicyclic) bond motifs is 1. The molecule has 0 fully saturated rings. The smallest absolute Gasteiger partial charge is 0.0178 e. The van der Waals surface area contributed by atoms with Gasteiger partial charge in [0.1, 0.15) is 0 Å². The van der Waals surface area contributed by atoms with Crippen LogP contribution in [0.5, 0.6) is 0 Å². The minimum absolute atomic E-state index is 0.427. The molecule has 0 unspecified atom stereocenters. The molecular formula is C10H11Br. The Kier molecular flexibility index (Phi) is 1.40. The molecule has 0 bridgehead atoms. The molecule has 58 valence electrons. The lowest BCUT2D eigenvalue weighted by atomic mass is 9.67. The van der Waals surface area contributed by atoms with Crippen LogP contribution in [0.3, 0.4) is 0 Å². The fourth-order valence-corrected chi connectivity index (χ4v) is 2.24. The summed E-state index contributed by atoms with van der Waals surface area (Å²) in [6.07, 6.45) is 1.22. The van der Waals surface area contributed by atoms with Gasteiger partial charge in [0.25, 0.3) is 0 Å². The van der Waals surface area contributed by atoms with Crippen molar-refractivity contribution in [3.05, 3.63) is 33.8 Å². The second kappa shape index (κ2) is 2.10. The van der Waals surface area contributed by atoms with E-state index in [1.54, 1.807) is 0 Å². The van der Waals surface area contributed by atoms with Crippen molar-refractivity contribution in [2.24, 2.45) is 0 Å². The molecule has 0 aliphatic heterocycles. The van der Waals surface area contributed by atoms with Gasteiger partial charge in [0.05, 0.1) is 0 Å². The van der Waals surface area contributed by atoms with Crippen LogP contribution in [0.4, 0.5) is 0 Å². The van der Waals surface area contributed by atoms with Gasteiger partial charge < -0.3 is 0 Å². The maximum absolute atomic E-state index is 3.47. The molecule has 0 aromatic heterocycles. The Balaban J connectivity index is 2.51. The van der Waals surface area contributed by atoms with Crippen LogP contribution in [0.1, 0.15) is 25.0 Å². The van der Waals surface area contributed by atoms with Gasteiger partial charge in [-0.3, -0.25) is 0 Å². The summed E-state index contributed by atoms with van der Waals surface area (Å²) < 4.78 is 1.20. The maximum atomic E-state index is 3.47. The Morgan fingerprint density at radius 2 is 2.09 bits per heavy atom. The Hall–Kier alpha value is -0.300. The molecule has 0 saturated heterocycles. The standard InChI is InChI=1S/C10H11Br/c1-10(2)6-7-5-8(11)3-4-9(7)10/h3-5H,6H2,1-2H3. The fraction of sp³-hybridized carbons (Fsp3) is 0.400. The van der Waals surface area contributed by atoms with E-state index in [0.717, 1.165) is 0 Å². The van der Waals surface area contributed by atoms with Gasteiger partial charge in [-0.1, -0.05) is 35.8 Å². The van der Waals surface area contributed by atoms with Gasteiger partial charge in [-0.15, -0.1) is 0 Å². The van der Waals surface area contributed by atoms with Crippen LogP contribution in [0.15, 0.2) is 22.7 Å². The lowest BCUT2D eigenvalue weighted by Crippen LogP contribution is -2.32. The van der Waals surface area contributed by atoms with Crippen molar-refractivity contribution >= 4 is 15.9 Å². The van der Waals surface area contributed by atoms with Crippen molar-refractivity contribution in [1.29, 1.82) is 0 Å². The number of hydrogen-bond donors (Lipinski definition) is 0. The van der Waals surface area contributed by atoms with Gasteiger partial charge in [0.15, 0.2) is 0 Å². The highest BCUT2D eigenvalue weighted by Crippen LogP contribution is 2.41. The van der Waals surface area contributed by atoms with Gasteiger partial charge in [-0.2, -0.15) is 0 Å². The van der Waals surface area contributed by atoms with Crippen molar-refractivity contribution < 1.29 is 0 Å². The average molecular weight is 211 g/mol. The molecule has 0 spiro atoms. The second-order valence-electron chi connectivity index (χ2n) is 3.86. The molecule has 0 N–H and O–H groups in total. The quantitative estimate of drug-likeness (QED) is 0.617. The van der Waals surface area contributed by atoms with Crippen LogP contribution in [0.25, 0.3) is 0 Å². The van der Waals surface area contributed by atoms with E-state index in [2.05, 4.69) is 48.0 Å². The maximum Gasteiger partial charge on any atom is 0.0178 e. The molecule has 0 radical (unpaired) electrons. The van der Waals surface area contributed by atoms with Crippen molar-refractivity contribution in [3.63, 3.8) is 0 Å². The highest BCUT2D eigenvalue weighted by Gasteiger charge is 2.33. The summed E-state index contributed by atoms with van der Waals surface area (Å²) >= 11 is 3.47. The number of halogens is 1. The van der Waals surface area contributed by atoms with E-state index in [1.165, 1.54) is 22.0 Å². The summed E-state index contributed by atoms with van der Waals surface area (Å²) in [4.78, 5) is 0. The van der Waals surface area contributed by atoms with E-state index in [1.807, 2.05) is 0 Å². The van der Waals surface area contributed by atoms with Crippen LogP contribution < -0.4 is 0 Å². The molecule has 1 aliphatic rings. The molecule has 0 heterocycles. The zero-order chi connectivity index (χ0) is 8.06. The molecule has 0 saturated carbocycles. The number of rotatable bonds is 0. The minimum Gasteiger partial charge on any atom is -0.0571 e. The van der Waals surface area contributed by atoms with Crippen molar-refractivity contribution in [2.75, 3.05) is 0 Å². The third kappa shape index (κ3) is 1.02. The zero-order valence-electron chi connectivity index (χ0n) is 6.82. The van der Waals surface area contributed by atoms with Gasteiger partial charge >= 0.3 is 0 Å². The third-order valence-corrected chi connectivity index (χ3v) is 2.92. The topological polar surface area (TPSA) is 0 Å². The lowest BCUT2D eigenvalue weighted by Gasteiger charge is -2.38. The third-order valence-electron chi connectivity index (χ3n) is 2.43. The normalized spacial score (nSPS) is 18.8. The average Bonchev–Trinajstić information content (AvgIpc) is 1.85. The Bertz CT molecular complexity index is 300. The number of hydrogen-bond acceptors (Lipinski definition) is 0. The predicted molar refractivity (Wildman–Crippen MR) is 50.9 cm³/mol. The van der Waals surface area contributed by atoms with Crippen LogP contribution in [-0.4, -0.2) is 0 Å². The first kappa shape index (κ1) is 7.35. The Labute approximate surface area is 75.8 Å². The summed E-state index contributed by atoms with van der Waals surface area (Å²) in [6, 6.07) is 6.57. The van der Waals surface area contributed by atoms with Crippen LogP contribution >= 0.6 is 15.9 Å². The lowest BCUT2D eigenvalue weighted by molar-refractivity contribution is 0.455. The van der Waals surface area contributed by atoms with E-state index in [4.69, 9.17) is 0 Å². The molecule has 1 aromatic rings. The first-order valence-corrected chi connectivity index (χ1v) is 4.68. The van der Waals surface area contributed by atoms with Gasteiger partial charge in [-0.25, -0.2) is 0 Å². The zero-order valence-corrected chi connectivity index (χ0v) is 8.40. The Morgan fingerprint density at radius 1 is 1.36 bits per heavy atom. The van der Waals surface area contributed by atoms with Crippen molar-refractivity contribution in [2.45, 2.75) is 25.7 Å². The summed E-state index contributed by atoms with van der Waals surface area (Å²) in [7, 11) is 0. The van der Waals surface area contributed by atoms with Crippen LogP contribution in [-0.2, 0) is 11.8 Å². The molecule has 1 aromatic carbocycles. The van der Waals surface area contributed by atoms with E-state index < -0.39 is 0 Å². The summed E-state index contributed by atoms with van der Waals surface area (Å²) in [5.74, 6) is 0. The molecule has 11 heavy (non-hydrogen) atoms. The summed E-state index contributed by atoms with van der Waals surface area (Å²) in [5, 5.41) is 0. The van der Waals surface area contributed by atoms with E-state index in [0.29, 0.717) is 5.41 Å². The summed E-state index contributed by atoms with van der Waals surface area (Å²) in [5.41, 5.74) is 3.45. The van der Waals surface area contributed by atoms with Gasteiger partial charge in [-0.05, 0) is 35.1 Å². The predicted octanol–water partition coefficient (Wildman–Crippen LogP) is 3.28.